The van der Waals surface area contributed by atoms with Gasteiger partial charge in [0.15, 0.2) is 5.58 Å². The van der Waals surface area contributed by atoms with Crippen molar-refractivity contribution in [2.24, 2.45) is 0 Å². The second-order valence-electron chi connectivity index (χ2n) is 8.21. The summed E-state index contributed by atoms with van der Waals surface area (Å²) in [6.45, 7) is 8.61. The van der Waals surface area contributed by atoms with Crippen LogP contribution in [0.4, 0.5) is 5.69 Å². The van der Waals surface area contributed by atoms with Crippen molar-refractivity contribution in [1.82, 2.24) is 4.98 Å². The van der Waals surface area contributed by atoms with Gasteiger partial charge in [-0.15, -0.1) is 0 Å². The van der Waals surface area contributed by atoms with Crippen LogP contribution in [0.3, 0.4) is 0 Å². The van der Waals surface area contributed by atoms with E-state index in [1.54, 1.807) is 0 Å². The van der Waals surface area contributed by atoms with Gasteiger partial charge in [-0.1, -0.05) is 52.0 Å². The van der Waals surface area contributed by atoms with E-state index >= 15 is 0 Å². The highest BCUT2D eigenvalue weighted by Crippen LogP contribution is 2.27. The molecular formula is C26H26N2O2. The smallest absolute Gasteiger partial charge is 0.255 e. The fraction of sp³-hybridized carbons (Fsp3) is 0.231. The molecule has 4 nitrogen and oxygen atoms in total. The number of carbonyl (C=O) groups excluding carboxylic acids is 1. The van der Waals surface area contributed by atoms with Crippen molar-refractivity contribution in [3.8, 4) is 11.5 Å². The van der Waals surface area contributed by atoms with Crippen LogP contribution in [0.2, 0.25) is 0 Å². The van der Waals surface area contributed by atoms with E-state index in [2.05, 4.69) is 50.1 Å². The third-order valence-corrected chi connectivity index (χ3v) is 5.31. The Hall–Kier alpha value is -3.40. The lowest BCUT2D eigenvalue weighted by Gasteiger charge is -2.08. The van der Waals surface area contributed by atoms with E-state index in [9.17, 15) is 4.79 Å². The molecule has 4 rings (SSSR count). The summed E-state index contributed by atoms with van der Waals surface area (Å²) in [7, 11) is 0. The summed E-state index contributed by atoms with van der Waals surface area (Å²) in [4.78, 5) is 17.2. The fourth-order valence-corrected chi connectivity index (χ4v) is 3.36. The van der Waals surface area contributed by atoms with Crippen molar-refractivity contribution in [2.75, 3.05) is 5.32 Å². The standard InChI is InChI=1S/C26H26N2O2/c1-16(2)18-5-9-20(10-6-18)25(29)27-22-13-14-24-23(15-22)28-26(30-24)21-11-7-19(8-12-21)17(3)4/h5-17H,1-4H3,(H,27,29). The van der Waals surface area contributed by atoms with Crippen molar-refractivity contribution in [3.63, 3.8) is 0 Å². The molecule has 1 heterocycles. The molecule has 1 amide bonds. The quantitative estimate of drug-likeness (QED) is 0.394. The monoisotopic (exact) mass is 398 g/mol. The molecule has 30 heavy (non-hydrogen) atoms. The Labute approximate surface area is 177 Å². The van der Waals surface area contributed by atoms with Gasteiger partial charge < -0.3 is 9.73 Å². The lowest BCUT2D eigenvalue weighted by Crippen LogP contribution is -2.11. The van der Waals surface area contributed by atoms with Crippen LogP contribution in [0.25, 0.3) is 22.6 Å². The number of hydrogen-bond donors (Lipinski definition) is 1. The van der Waals surface area contributed by atoms with Crippen LogP contribution in [0.15, 0.2) is 71.1 Å². The van der Waals surface area contributed by atoms with Gasteiger partial charge in [0.1, 0.15) is 5.52 Å². The number of nitrogens with zero attached hydrogens (tertiary/aromatic N) is 1. The average Bonchev–Trinajstić information content (AvgIpc) is 3.17. The number of benzene rings is 3. The van der Waals surface area contributed by atoms with Crippen LogP contribution in [0, 0.1) is 0 Å². The van der Waals surface area contributed by atoms with Gasteiger partial charge >= 0.3 is 0 Å². The second-order valence-corrected chi connectivity index (χ2v) is 8.21. The van der Waals surface area contributed by atoms with Crippen molar-refractivity contribution in [3.05, 3.63) is 83.4 Å². The summed E-state index contributed by atoms with van der Waals surface area (Å²) in [5.41, 5.74) is 6.15. The Kier molecular flexibility index (Phi) is 5.40. The molecule has 0 aliphatic heterocycles. The van der Waals surface area contributed by atoms with Crippen molar-refractivity contribution < 1.29 is 9.21 Å². The van der Waals surface area contributed by atoms with Gasteiger partial charge in [-0.25, -0.2) is 4.98 Å². The molecule has 0 atom stereocenters. The minimum absolute atomic E-state index is 0.141. The molecule has 1 N–H and O–H groups in total. The number of fused-ring (bicyclic) bond motifs is 1. The summed E-state index contributed by atoms with van der Waals surface area (Å²) >= 11 is 0. The molecule has 4 heteroatoms. The van der Waals surface area contributed by atoms with Gasteiger partial charge in [-0.3, -0.25) is 4.79 Å². The van der Waals surface area contributed by atoms with Crippen molar-refractivity contribution in [1.29, 1.82) is 0 Å². The van der Waals surface area contributed by atoms with E-state index in [1.807, 2.05) is 54.6 Å². The van der Waals surface area contributed by atoms with Crippen LogP contribution in [0.5, 0.6) is 0 Å². The minimum atomic E-state index is -0.141. The fourth-order valence-electron chi connectivity index (χ4n) is 3.36. The highest BCUT2D eigenvalue weighted by atomic mass is 16.3. The summed E-state index contributed by atoms with van der Waals surface area (Å²) in [6.07, 6.45) is 0. The molecule has 0 saturated carbocycles. The Morgan fingerprint density at radius 1 is 0.833 bits per heavy atom. The Balaban J connectivity index is 1.54. The van der Waals surface area contributed by atoms with Crippen molar-refractivity contribution in [2.45, 2.75) is 39.5 Å². The van der Waals surface area contributed by atoms with Crippen LogP contribution < -0.4 is 5.32 Å². The van der Waals surface area contributed by atoms with E-state index in [0.717, 1.165) is 5.56 Å². The molecule has 0 fully saturated rings. The molecule has 1 aromatic heterocycles. The van der Waals surface area contributed by atoms with Gasteiger partial charge in [0.05, 0.1) is 0 Å². The zero-order valence-electron chi connectivity index (χ0n) is 17.8. The average molecular weight is 399 g/mol. The van der Waals surface area contributed by atoms with Crippen LogP contribution in [-0.4, -0.2) is 10.9 Å². The number of rotatable bonds is 5. The number of hydrogen-bond acceptors (Lipinski definition) is 3. The van der Waals surface area contributed by atoms with Gasteiger partial charge in [-0.05, 0) is 65.4 Å². The van der Waals surface area contributed by atoms with E-state index < -0.39 is 0 Å². The third-order valence-electron chi connectivity index (χ3n) is 5.31. The molecule has 0 bridgehead atoms. The predicted octanol–water partition coefficient (Wildman–Crippen LogP) is 6.99. The normalized spacial score (nSPS) is 11.4. The second kappa shape index (κ2) is 8.15. The Morgan fingerprint density at radius 3 is 2.03 bits per heavy atom. The van der Waals surface area contributed by atoms with Gasteiger partial charge in [-0.2, -0.15) is 0 Å². The summed E-state index contributed by atoms with van der Waals surface area (Å²) in [5.74, 6) is 1.36. The third kappa shape index (κ3) is 4.13. The lowest BCUT2D eigenvalue weighted by molar-refractivity contribution is 0.102. The number of aromatic nitrogens is 1. The molecule has 0 unspecified atom stereocenters. The SMILES string of the molecule is CC(C)c1ccc(C(=O)Nc2ccc3oc(-c4ccc(C(C)C)cc4)nc3c2)cc1. The minimum Gasteiger partial charge on any atom is -0.436 e. The number of anilines is 1. The number of amides is 1. The summed E-state index contributed by atoms with van der Waals surface area (Å²) < 4.78 is 5.91. The topological polar surface area (TPSA) is 55.1 Å². The molecule has 0 saturated heterocycles. The highest BCUT2D eigenvalue weighted by molar-refractivity contribution is 6.05. The molecule has 4 aromatic rings. The first-order valence-electron chi connectivity index (χ1n) is 10.3. The van der Waals surface area contributed by atoms with E-state index in [0.29, 0.717) is 40.1 Å². The van der Waals surface area contributed by atoms with Crippen LogP contribution in [-0.2, 0) is 0 Å². The van der Waals surface area contributed by atoms with Crippen molar-refractivity contribution >= 4 is 22.7 Å². The number of nitrogens with one attached hydrogen (secondary N) is 1. The first kappa shape index (κ1) is 19.9. The number of oxazole rings is 1. The Morgan fingerprint density at radius 2 is 1.43 bits per heavy atom. The molecular weight excluding hydrogens is 372 g/mol. The zero-order chi connectivity index (χ0) is 21.3. The first-order valence-corrected chi connectivity index (χ1v) is 10.3. The highest BCUT2D eigenvalue weighted by Gasteiger charge is 2.12. The largest absolute Gasteiger partial charge is 0.436 e. The molecule has 0 aliphatic carbocycles. The lowest BCUT2D eigenvalue weighted by atomic mass is 10.0. The molecule has 3 aromatic carbocycles. The molecule has 152 valence electrons. The summed E-state index contributed by atoms with van der Waals surface area (Å²) in [5, 5.41) is 2.95. The molecule has 0 radical (unpaired) electrons. The maximum Gasteiger partial charge on any atom is 0.255 e. The maximum absolute atomic E-state index is 12.6. The molecule has 0 spiro atoms. The van der Waals surface area contributed by atoms with E-state index in [1.165, 1.54) is 11.1 Å². The number of carbonyl (C=O) groups is 1. The van der Waals surface area contributed by atoms with Gasteiger partial charge in [0, 0.05) is 16.8 Å². The van der Waals surface area contributed by atoms with Gasteiger partial charge in [0.25, 0.3) is 5.91 Å². The summed E-state index contributed by atoms with van der Waals surface area (Å²) in [6, 6.07) is 21.5. The predicted molar refractivity (Wildman–Crippen MR) is 122 cm³/mol. The zero-order valence-corrected chi connectivity index (χ0v) is 17.8. The van der Waals surface area contributed by atoms with E-state index in [-0.39, 0.29) is 5.91 Å². The van der Waals surface area contributed by atoms with Crippen LogP contribution >= 0.6 is 0 Å². The van der Waals surface area contributed by atoms with E-state index in [4.69, 9.17) is 4.42 Å². The van der Waals surface area contributed by atoms with Gasteiger partial charge in [0.2, 0.25) is 5.89 Å². The first-order chi connectivity index (χ1) is 14.4. The van der Waals surface area contributed by atoms with Crippen LogP contribution in [0.1, 0.15) is 61.0 Å². The maximum atomic E-state index is 12.6. The molecule has 0 aliphatic rings. The Bertz CT molecular complexity index is 1170.